The van der Waals surface area contributed by atoms with Crippen LogP contribution in [-0.4, -0.2) is 45.7 Å². The average molecular weight is 371 g/mol. The van der Waals surface area contributed by atoms with Crippen molar-refractivity contribution in [3.63, 3.8) is 0 Å². The Hall–Kier alpha value is -1.69. The second-order valence-corrected chi connectivity index (χ2v) is 8.26. The van der Waals surface area contributed by atoms with Crippen molar-refractivity contribution in [2.24, 2.45) is 5.92 Å². The number of ether oxygens (including phenoxy) is 2. The van der Waals surface area contributed by atoms with Crippen LogP contribution in [0, 0.1) is 5.92 Å². The van der Waals surface area contributed by atoms with Gasteiger partial charge in [-0.2, -0.15) is 0 Å². The minimum absolute atomic E-state index is 0.00889. The van der Waals surface area contributed by atoms with E-state index in [1.165, 1.54) is 21.3 Å². The monoisotopic (exact) mass is 371 g/mol. The van der Waals surface area contributed by atoms with Crippen molar-refractivity contribution < 1.29 is 28.2 Å². The van der Waals surface area contributed by atoms with Gasteiger partial charge in [0, 0.05) is 26.2 Å². The van der Waals surface area contributed by atoms with Gasteiger partial charge in [-0.05, 0) is 12.0 Å². The number of hydrogen-bond acceptors (Lipinski definition) is 7. The van der Waals surface area contributed by atoms with Gasteiger partial charge in [0.25, 0.3) is 0 Å². The van der Waals surface area contributed by atoms with Gasteiger partial charge in [-0.1, -0.05) is 30.3 Å². The molecule has 7 nitrogen and oxygen atoms in total. The topological polar surface area (TPSA) is 90.9 Å². The fourth-order valence-corrected chi connectivity index (χ4v) is 4.21. The summed E-state index contributed by atoms with van der Waals surface area (Å²) in [5.74, 6) is -1.62. The molecule has 0 saturated carbocycles. The van der Waals surface area contributed by atoms with Crippen LogP contribution in [0.2, 0.25) is 0 Å². The number of methoxy groups -OCH3 is 2. The van der Waals surface area contributed by atoms with Gasteiger partial charge in [0.1, 0.15) is 0 Å². The fraction of sp³-hybridized carbons (Fsp3) is 0.529. The zero-order valence-electron chi connectivity index (χ0n) is 14.9. The number of rotatable bonds is 11. The molecule has 1 N–H and O–H groups in total. The van der Waals surface area contributed by atoms with Gasteiger partial charge in [0.15, 0.2) is 0 Å². The molecule has 2 unspecified atom stereocenters. The van der Waals surface area contributed by atoms with Gasteiger partial charge in [0.05, 0.1) is 26.4 Å². The predicted molar refractivity (Wildman–Crippen MR) is 94.4 cm³/mol. The zero-order valence-corrected chi connectivity index (χ0v) is 15.8. The third-order valence-electron chi connectivity index (χ3n) is 3.82. The summed E-state index contributed by atoms with van der Waals surface area (Å²) in [6, 6.07) is 9.68. The van der Waals surface area contributed by atoms with Crippen molar-refractivity contribution in [2.75, 3.05) is 33.8 Å². The van der Waals surface area contributed by atoms with Gasteiger partial charge < -0.3 is 19.3 Å². The zero-order chi connectivity index (χ0) is 18.7. The first-order chi connectivity index (χ1) is 11.9. The van der Waals surface area contributed by atoms with Crippen LogP contribution in [0.4, 0.5) is 0 Å². The normalized spacial score (nSPS) is 14.4. The molecule has 1 aromatic carbocycles. The molecule has 0 spiro atoms. The van der Waals surface area contributed by atoms with E-state index in [-0.39, 0.29) is 25.3 Å². The molecule has 0 heterocycles. The molecule has 0 saturated heterocycles. The van der Waals surface area contributed by atoms with Crippen LogP contribution in [0.5, 0.6) is 0 Å². The molecule has 2 atom stereocenters. The fourth-order valence-electron chi connectivity index (χ4n) is 2.35. The average Bonchev–Trinajstić information content (AvgIpc) is 2.65. The molecule has 0 aromatic heterocycles. The van der Waals surface area contributed by atoms with E-state index in [0.717, 1.165) is 5.56 Å². The molecule has 0 radical (unpaired) electrons. The van der Waals surface area contributed by atoms with Crippen LogP contribution in [0.3, 0.4) is 0 Å². The first-order valence-electron chi connectivity index (χ1n) is 7.97. The minimum Gasteiger partial charge on any atom is -0.469 e. The van der Waals surface area contributed by atoms with Crippen LogP contribution in [-0.2, 0) is 34.7 Å². The highest BCUT2D eigenvalue weighted by Gasteiger charge is 2.31. The van der Waals surface area contributed by atoms with E-state index >= 15 is 0 Å². The Morgan fingerprint density at radius 3 is 2.36 bits per heavy atom. The summed E-state index contributed by atoms with van der Waals surface area (Å²) in [6.07, 6.45) is 0.391. The lowest BCUT2D eigenvalue weighted by Crippen LogP contribution is -2.25. The Balaban J connectivity index is 2.64. The second kappa shape index (κ2) is 11.0. The van der Waals surface area contributed by atoms with E-state index in [0.29, 0.717) is 6.54 Å². The molecule has 0 aliphatic carbocycles. The number of benzene rings is 1. The highest BCUT2D eigenvalue weighted by atomic mass is 31.2. The van der Waals surface area contributed by atoms with Crippen molar-refractivity contribution in [1.82, 2.24) is 5.32 Å². The van der Waals surface area contributed by atoms with Crippen LogP contribution in [0.25, 0.3) is 0 Å². The van der Waals surface area contributed by atoms with Crippen molar-refractivity contribution >= 4 is 19.3 Å². The molecule has 1 aromatic rings. The molecule has 0 fully saturated rings. The van der Waals surface area contributed by atoms with Crippen molar-refractivity contribution in [2.45, 2.75) is 19.4 Å². The third kappa shape index (κ3) is 7.82. The molecule has 0 aliphatic heterocycles. The number of nitrogens with one attached hydrogen (secondary N) is 1. The summed E-state index contributed by atoms with van der Waals surface area (Å²) in [4.78, 5) is 23.2. The lowest BCUT2D eigenvalue weighted by Gasteiger charge is -2.21. The van der Waals surface area contributed by atoms with Crippen molar-refractivity contribution in [3.8, 4) is 0 Å². The maximum Gasteiger partial charge on any atom is 0.309 e. The highest BCUT2D eigenvalue weighted by Crippen LogP contribution is 2.47. The Kier molecular flexibility index (Phi) is 9.42. The highest BCUT2D eigenvalue weighted by molar-refractivity contribution is 7.58. The van der Waals surface area contributed by atoms with Crippen molar-refractivity contribution in [1.29, 1.82) is 0 Å². The third-order valence-corrected chi connectivity index (χ3v) is 6.18. The van der Waals surface area contributed by atoms with Gasteiger partial charge in [-0.3, -0.25) is 14.2 Å². The smallest absolute Gasteiger partial charge is 0.309 e. The SMILES string of the molecule is COC(=O)CCC(CP(=O)(CNCc1ccccc1)OC)C(=O)OC. The lowest BCUT2D eigenvalue weighted by atomic mass is 10.1. The lowest BCUT2D eigenvalue weighted by molar-refractivity contribution is -0.146. The molecule has 8 heteroatoms. The number of esters is 2. The van der Waals surface area contributed by atoms with Gasteiger partial charge in [0.2, 0.25) is 7.37 Å². The molecule has 0 aliphatic rings. The predicted octanol–water partition coefficient (Wildman–Crippen LogP) is 2.40. The largest absolute Gasteiger partial charge is 0.469 e. The van der Waals surface area contributed by atoms with E-state index in [9.17, 15) is 14.2 Å². The van der Waals surface area contributed by atoms with Crippen LogP contribution in [0.15, 0.2) is 30.3 Å². The maximum atomic E-state index is 12.9. The molecule has 1 rings (SSSR count). The Bertz CT molecular complexity index is 592. The summed E-state index contributed by atoms with van der Waals surface area (Å²) in [6.45, 7) is 0.541. The Morgan fingerprint density at radius 2 is 1.80 bits per heavy atom. The van der Waals surface area contributed by atoms with E-state index in [1.54, 1.807) is 0 Å². The number of hydrogen-bond donors (Lipinski definition) is 1. The quantitative estimate of drug-likeness (QED) is 0.472. The number of carbonyl (C=O) groups is 2. The van der Waals surface area contributed by atoms with E-state index in [4.69, 9.17) is 9.26 Å². The van der Waals surface area contributed by atoms with Gasteiger partial charge in [-0.25, -0.2) is 0 Å². The Morgan fingerprint density at radius 1 is 1.12 bits per heavy atom. The molecule has 25 heavy (non-hydrogen) atoms. The first kappa shape index (κ1) is 21.4. The van der Waals surface area contributed by atoms with Crippen molar-refractivity contribution in [3.05, 3.63) is 35.9 Å². The van der Waals surface area contributed by atoms with E-state index in [1.807, 2.05) is 30.3 Å². The first-order valence-corrected chi connectivity index (χ1v) is 9.96. The summed E-state index contributed by atoms with van der Waals surface area (Å²) in [7, 11) is 0.811. The molecule has 0 amide bonds. The summed E-state index contributed by atoms with van der Waals surface area (Å²) in [5, 5.41) is 3.10. The maximum absolute atomic E-state index is 12.9. The summed E-state index contributed by atoms with van der Waals surface area (Å²) in [5.41, 5.74) is 1.06. The molecular weight excluding hydrogens is 345 g/mol. The number of carbonyl (C=O) groups excluding carboxylic acids is 2. The minimum atomic E-state index is -3.09. The standard InChI is InChI=1S/C17H26NO6P/c1-22-16(19)10-9-15(17(20)23-2)12-25(21,24-3)13-18-11-14-7-5-4-6-8-14/h4-8,15,18H,9-13H2,1-3H3. The summed E-state index contributed by atoms with van der Waals surface area (Å²) < 4.78 is 27.4. The molecule has 0 bridgehead atoms. The van der Waals surface area contributed by atoms with Crippen LogP contribution < -0.4 is 5.32 Å². The van der Waals surface area contributed by atoms with Gasteiger partial charge in [-0.15, -0.1) is 0 Å². The van der Waals surface area contributed by atoms with Gasteiger partial charge >= 0.3 is 11.9 Å². The van der Waals surface area contributed by atoms with E-state index in [2.05, 4.69) is 10.1 Å². The molecular formula is C17H26NO6P. The van der Waals surface area contributed by atoms with Crippen LogP contribution in [0.1, 0.15) is 18.4 Å². The Labute approximate surface area is 148 Å². The van der Waals surface area contributed by atoms with Crippen LogP contribution >= 0.6 is 7.37 Å². The van der Waals surface area contributed by atoms with E-state index < -0.39 is 25.2 Å². The molecule has 140 valence electrons. The summed E-state index contributed by atoms with van der Waals surface area (Å²) >= 11 is 0. The second-order valence-electron chi connectivity index (χ2n) is 5.59.